The lowest BCUT2D eigenvalue weighted by Gasteiger charge is -2.06. The van der Waals surface area contributed by atoms with Crippen molar-refractivity contribution >= 4 is 23.3 Å². The zero-order valence-corrected chi connectivity index (χ0v) is 15.4. The molecule has 1 aromatic heterocycles. The summed E-state index contributed by atoms with van der Waals surface area (Å²) in [7, 11) is 0. The van der Waals surface area contributed by atoms with Crippen molar-refractivity contribution < 1.29 is 23.6 Å². The number of ether oxygens (including phenoxy) is 2. The van der Waals surface area contributed by atoms with E-state index in [0.29, 0.717) is 10.6 Å². The van der Waals surface area contributed by atoms with Gasteiger partial charge in [0.25, 0.3) is 5.89 Å². The Hall–Kier alpha value is -3.46. The van der Waals surface area contributed by atoms with Crippen LogP contribution in [0.15, 0.2) is 46.9 Å². The zero-order chi connectivity index (χ0) is 20.1. The molecule has 0 aliphatic rings. The standard InChI is InChI=1S/C18H14ClN3O6/c1-2-26-15-8-5-12(9-14(15)22(24)25)18(23)27-10-16-20-21-17(28-16)11-3-6-13(19)7-4-11/h3-9H,2,10H2,1H3. The second-order valence-electron chi connectivity index (χ2n) is 5.46. The largest absolute Gasteiger partial charge is 0.487 e. The Labute approximate surface area is 164 Å². The summed E-state index contributed by atoms with van der Waals surface area (Å²) >= 11 is 5.83. The number of nitrogens with zero attached hydrogens (tertiary/aromatic N) is 3. The minimum atomic E-state index is -0.766. The zero-order valence-electron chi connectivity index (χ0n) is 14.6. The highest BCUT2D eigenvalue weighted by atomic mass is 35.5. The Morgan fingerprint density at radius 1 is 1.21 bits per heavy atom. The van der Waals surface area contributed by atoms with E-state index in [0.717, 1.165) is 6.07 Å². The van der Waals surface area contributed by atoms with Crippen molar-refractivity contribution in [2.24, 2.45) is 0 Å². The summed E-state index contributed by atoms with van der Waals surface area (Å²) in [6.45, 7) is 1.69. The van der Waals surface area contributed by atoms with Crippen LogP contribution in [0, 0.1) is 10.1 Å². The molecular weight excluding hydrogens is 390 g/mol. The lowest BCUT2D eigenvalue weighted by molar-refractivity contribution is -0.385. The van der Waals surface area contributed by atoms with Crippen molar-refractivity contribution in [1.29, 1.82) is 0 Å². The maximum Gasteiger partial charge on any atom is 0.338 e. The Morgan fingerprint density at radius 3 is 2.64 bits per heavy atom. The number of nitro groups is 1. The second kappa shape index (κ2) is 8.49. The van der Waals surface area contributed by atoms with Crippen LogP contribution in [0.4, 0.5) is 5.69 Å². The molecule has 10 heteroatoms. The molecule has 3 aromatic rings. The van der Waals surface area contributed by atoms with Gasteiger partial charge in [0, 0.05) is 16.7 Å². The second-order valence-corrected chi connectivity index (χ2v) is 5.89. The van der Waals surface area contributed by atoms with Crippen molar-refractivity contribution in [1.82, 2.24) is 10.2 Å². The molecule has 2 aromatic carbocycles. The fourth-order valence-corrected chi connectivity index (χ4v) is 2.42. The Bertz CT molecular complexity index is 1000. The summed E-state index contributed by atoms with van der Waals surface area (Å²) in [4.78, 5) is 22.7. The predicted octanol–water partition coefficient (Wildman–Crippen LogP) is 4.05. The highest BCUT2D eigenvalue weighted by molar-refractivity contribution is 6.30. The summed E-state index contributed by atoms with van der Waals surface area (Å²) in [6.07, 6.45) is 0. The van der Waals surface area contributed by atoms with Crippen molar-refractivity contribution in [3.8, 4) is 17.2 Å². The molecule has 3 rings (SSSR count). The van der Waals surface area contributed by atoms with Gasteiger partial charge in [0.05, 0.1) is 17.1 Å². The lowest BCUT2D eigenvalue weighted by atomic mass is 10.2. The van der Waals surface area contributed by atoms with Crippen molar-refractivity contribution in [2.45, 2.75) is 13.5 Å². The predicted molar refractivity (Wildman–Crippen MR) is 98.1 cm³/mol. The van der Waals surface area contributed by atoms with Gasteiger partial charge >= 0.3 is 11.7 Å². The molecule has 0 atom stereocenters. The first-order valence-corrected chi connectivity index (χ1v) is 8.52. The molecule has 0 fully saturated rings. The summed E-state index contributed by atoms with van der Waals surface area (Å²) in [5.74, 6) is -0.357. The molecule has 0 saturated carbocycles. The van der Waals surface area contributed by atoms with Crippen LogP contribution in [0.3, 0.4) is 0 Å². The average Bonchev–Trinajstić information content (AvgIpc) is 3.16. The molecule has 0 aliphatic heterocycles. The summed E-state index contributed by atoms with van der Waals surface area (Å²) in [5.41, 5.74) is 0.350. The topological polar surface area (TPSA) is 118 Å². The number of rotatable bonds is 7. The van der Waals surface area contributed by atoms with Gasteiger partial charge in [-0.1, -0.05) is 11.6 Å². The third-order valence-corrected chi connectivity index (χ3v) is 3.83. The van der Waals surface area contributed by atoms with Crippen LogP contribution in [0.5, 0.6) is 5.75 Å². The van der Waals surface area contributed by atoms with Crippen LogP contribution >= 0.6 is 11.6 Å². The van der Waals surface area contributed by atoms with Gasteiger partial charge in [-0.25, -0.2) is 4.79 Å². The van der Waals surface area contributed by atoms with Gasteiger partial charge in [0.15, 0.2) is 12.4 Å². The van der Waals surface area contributed by atoms with Crippen LogP contribution in [0.1, 0.15) is 23.2 Å². The van der Waals surface area contributed by atoms with Gasteiger partial charge in [-0.2, -0.15) is 0 Å². The van der Waals surface area contributed by atoms with Gasteiger partial charge in [0.1, 0.15) is 0 Å². The van der Waals surface area contributed by atoms with E-state index in [2.05, 4.69) is 10.2 Å². The molecule has 0 spiro atoms. The number of nitro benzene ring substituents is 1. The number of halogens is 1. The lowest BCUT2D eigenvalue weighted by Crippen LogP contribution is -2.07. The van der Waals surface area contributed by atoms with E-state index in [1.54, 1.807) is 31.2 Å². The number of carbonyl (C=O) groups excluding carboxylic acids is 1. The van der Waals surface area contributed by atoms with E-state index in [1.165, 1.54) is 12.1 Å². The molecule has 0 bridgehead atoms. The molecule has 0 radical (unpaired) electrons. The number of hydrogen-bond donors (Lipinski definition) is 0. The van der Waals surface area contributed by atoms with Gasteiger partial charge in [-0.15, -0.1) is 10.2 Å². The molecule has 0 saturated heterocycles. The van der Waals surface area contributed by atoms with Crippen LogP contribution in [-0.4, -0.2) is 27.7 Å². The van der Waals surface area contributed by atoms with Gasteiger partial charge in [-0.3, -0.25) is 10.1 Å². The quantitative estimate of drug-likeness (QED) is 0.329. The Balaban J connectivity index is 1.68. The number of benzene rings is 2. The first-order chi connectivity index (χ1) is 13.5. The first kappa shape index (κ1) is 19.3. The molecule has 0 aliphatic carbocycles. The summed E-state index contributed by atoms with van der Waals surface area (Å²) < 4.78 is 15.7. The van der Waals surface area contributed by atoms with Crippen LogP contribution in [0.25, 0.3) is 11.5 Å². The third kappa shape index (κ3) is 4.44. The molecule has 9 nitrogen and oxygen atoms in total. The van der Waals surface area contributed by atoms with Gasteiger partial charge in [-0.05, 0) is 43.3 Å². The van der Waals surface area contributed by atoms with E-state index in [9.17, 15) is 14.9 Å². The molecule has 0 unspecified atom stereocenters. The first-order valence-electron chi connectivity index (χ1n) is 8.14. The van der Waals surface area contributed by atoms with E-state index in [-0.39, 0.29) is 42.0 Å². The highest BCUT2D eigenvalue weighted by Gasteiger charge is 2.20. The third-order valence-electron chi connectivity index (χ3n) is 3.58. The molecular formula is C18H14ClN3O6. The minimum absolute atomic E-state index is 0.00703. The monoisotopic (exact) mass is 403 g/mol. The van der Waals surface area contributed by atoms with E-state index >= 15 is 0 Å². The summed E-state index contributed by atoms with van der Waals surface area (Å²) in [5, 5.41) is 19.4. The Morgan fingerprint density at radius 2 is 1.96 bits per heavy atom. The Kier molecular flexibility index (Phi) is 5.85. The van der Waals surface area contributed by atoms with Crippen molar-refractivity contribution in [3.05, 3.63) is 69.1 Å². The maximum absolute atomic E-state index is 12.2. The van der Waals surface area contributed by atoms with E-state index in [4.69, 9.17) is 25.5 Å². The van der Waals surface area contributed by atoms with Crippen molar-refractivity contribution in [2.75, 3.05) is 6.61 Å². The average molecular weight is 404 g/mol. The SMILES string of the molecule is CCOc1ccc(C(=O)OCc2nnc(-c3ccc(Cl)cc3)o2)cc1[N+](=O)[O-]. The molecule has 0 amide bonds. The molecule has 144 valence electrons. The fraction of sp³-hybridized carbons (Fsp3) is 0.167. The van der Waals surface area contributed by atoms with Gasteiger partial charge < -0.3 is 13.9 Å². The number of esters is 1. The number of aromatic nitrogens is 2. The molecule has 0 N–H and O–H groups in total. The van der Waals surface area contributed by atoms with Crippen LogP contribution in [0.2, 0.25) is 5.02 Å². The number of hydrogen-bond acceptors (Lipinski definition) is 8. The van der Waals surface area contributed by atoms with Gasteiger partial charge in [0.2, 0.25) is 5.89 Å². The smallest absolute Gasteiger partial charge is 0.338 e. The van der Waals surface area contributed by atoms with E-state index in [1.807, 2.05) is 0 Å². The van der Waals surface area contributed by atoms with E-state index < -0.39 is 10.9 Å². The number of carbonyl (C=O) groups is 1. The molecule has 28 heavy (non-hydrogen) atoms. The molecule has 1 heterocycles. The minimum Gasteiger partial charge on any atom is -0.487 e. The fourth-order valence-electron chi connectivity index (χ4n) is 2.30. The van der Waals surface area contributed by atoms with Crippen molar-refractivity contribution in [3.63, 3.8) is 0 Å². The normalized spacial score (nSPS) is 10.5. The van der Waals surface area contributed by atoms with Crippen LogP contribution < -0.4 is 4.74 Å². The highest BCUT2D eigenvalue weighted by Crippen LogP contribution is 2.28. The van der Waals surface area contributed by atoms with Crippen LogP contribution in [-0.2, 0) is 11.3 Å². The maximum atomic E-state index is 12.2. The summed E-state index contributed by atoms with van der Waals surface area (Å²) in [6, 6.07) is 10.6.